The Bertz CT molecular complexity index is 890. The zero-order valence-corrected chi connectivity index (χ0v) is 16.9. The van der Waals surface area contributed by atoms with Crippen molar-refractivity contribution in [1.29, 1.82) is 0 Å². The van der Waals surface area contributed by atoms with Crippen molar-refractivity contribution in [2.45, 2.75) is 24.3 Å². The molecule has 7 nitrogen and oxygen atoms in total. The molecule has 2 aromatic rings. The van der Waals surface area contributed by atoms with Gasteiger partial charge in [0.1, 0.15) is 0 Å². The first-order chi connectivity index (χ1) is 13.5. The number of benzene rings is 1. The van der Waals surface area contributed by atoms with Gasteiger partial charge in [-0.05, 0) is 36.4 Å². The van der Waals surface area contributed by atoms with Crippen molar-refractivity contribution in [3.05, 3.63) is 52.7 Å². The van der Waals surface area contributed by atoms with E-state index >= 15 is 0 Å². The topological polar surface area (TPSA) is 92.8 Å². The molecule has 0 saturated carbocycles. The van der Waals surface area contributed by atoms with Gasteiger partial charge in [0, 0.05) is 18.0 Å². The first-order valence-electron chi connectivity index (χ1n) is 8.98. The van der Waals surface area contributed by atoms with E-state index in [-0.39, 0.29) is 30.5 Å². The highest BCUT2D eigenvalue weighted by atomic mass is 32.2. The molecule has 1 aromatic carbocycles. The van der Waals surface area contributed by atoms with Crippen molar-refractivity contribution in [3.8, 4) is 0 Å². The van der Waals surface area contributed by atoms with Crippen LogP contribution in [0.15, 0.2) is 52.7 Å². The minimum Gasteiger partial charge on any atom is -0.455 e. The molecule has 3 rings (SSSR count). The Labute approximate surface area is 168 Å². The van der Waals surface area contributed by atoms with E-state index in [9.17, 15) is 18.0 Å². The normalized spacial score (nSPS) is 15.9. The summed E-state index contributed by atoms with van der Waals surface area (Å²) in [6.45, 7) is 0.583. The van der Waals surface area contributed by atoms with Gasteiger partial charge >= 0.3 is 5.97 Å². The third-order valence-electron chi connectivity index (χ3n) is 4.55. The highest BCUT2D eigenvalue weighted by Gasteiger charge is 2.32. The highest BCUT2D eigenvalue weighted by molar-refractivity contribution is 7.89. The summed E-state index contributed by atoms with van der Waals surface area (Å²) in [7, 11) is -3.55. The van der Waals surface area contributed by atoms with Crippen LogP contribution in [0.25, 0.3) is 0 Å². The average Bonchev–Trinajstić information content (AvgIpc) is 3.25. The van der Waals surface area contributed by atoms with E-state index in [1.807, 2.05) is 17.5 Å². The van der Waals surface area contributed by atoms with Crippen LogP contribution in [0, 0.1) is 5.92 Å². The molecule has 0 bridgehead atoms. The van der Waals surface area contributed by atoms with Gasteiger partial charge in [0.2, 0.25) is 10.0 Å². The van der Waals surface area contributed by atoms with Crippen molar-refractivity contribution >= 4 is 33.2 Å². The van der Waals surface area contributed by atoms with Crippen LogP contribution >= 0.6 is 11.3 Å². The number of hydrogen-bond donors (Lipinski definition) is 1. The summed E-state index contributed by atoms with van der Waals surface area (Å²) in [4.78, 5) is 25.3. The van der Waals surface area contributed by atoms with Crippen LogP contribution in [-0.2, 0) is 30.9 Å². The van der Waals surface area contributed by atoms with Gasteiger partial charge in [-0.1, -0.05) is 24.3 Å². The second kappa shape index (κ2) is 9.31. The Morgan fingerprint density at radius 2 is 1.82 bits per heavy atom. The standard InChI is InChI=1S/C19H22N2O5S2/c22-18(20-13-16-5-4-12-27-16)14-26-19(23)15-8-10-21(11-9-15)28(24,25)17-6-2-1-3-7-17/h1-7,12,15H,8-11,13-14H2,(H,20,22). The third kappa shape index (κ3) is 5.18. The molecular weight excluding hydrogens is 400 g/mol. The molecule has 0 radical (unpaired) electrons. The number of nitrogens with one attached hydrogen (secondary N) is 1. The predicted octanol–water partition coefficient (Wildman–Crippen LogP) is 2.01. The molecule has 1 fully saturated rings. The van der Waals surface area contributed by atoms with Crippen LogP contribution in [0.4, 0.5) is 0 Å². The number of sulfonamides is 1. The predicted molar refractivity (Wildman–Crippen MR) is 105 cm³/mol. The molecular formula is C19H22N2O5S2. The van der Waals surface area contributed by atoms with Gasteiger partial charge < -0.3 is 10.1 Å². The smallest absolute Gasteiger partial charge is 0.309 e. The molecule has 1 aromatic heterocycles. The van der Waals surface area contributed by atoms with E-state index in [1.54, 1.807) is 30.3 Å². The molecule has 0 spiro atoms. The minimum atomic E-state index is -3.55. The number of thiophene rings is 1. The fourth-order valence-corrected chi connectivity index (χ4v) is 5.11. The summed E-state index contributed by atoms with van der Waals surface area (Å²) in [5.41, 5.74) is 0. The maximum absolute atomic E-state index is 12.6. The van der Waals surface area contributed by atoms with E-state index in [4.69, 9.17) is 4.74 Å². The van der Waals surface area contributed by atoms with Crippen LogP contribution in [0.5, 0.6) is 0 Å². The van der Waals surface area contributed by atoms with Gasteiger partial charge in [0.25, 0.3) is 5.91 Å². The lowest BCUT2D eigenvalue weighted by atomic mass is 9.98. The van der Waals surface area contributed by atoms with E-state index in [2.05, 4.69) is 5.32 Å². The summed E-state index contributed by atoms with van der Waals surface area (Å²) in [6, 6.07) is 12.1. The Morgan fingerprint density at radius 1 is 1.11 bits per heavy atom. The molecule has 0 aliphatic carbocycles. The number of hydrogen-bond acceptors (Lipinski definition) is 6. The van der Waals surface area contributed by atoms with Crippen molar-refractivity contribution in [2.24, 2.45) is 5.92 Å². The summed E-state index contributed by atoms with van der Waals surface area (Å²) in [5, 5.41) is 4.62. The number of amides is 1. The van der Waals surface area contributed by atoms with E-state index in [0.29, 0.717) is 19.4 Å². The molecule has 2 heterocycles. The Hall–Kier alpha value is -2.23. The maximum Gasteiger partial charge on any atom is 0.309 e. The molecule has 1 aliphatic heterocycles. The van der Waals surface area contributed by atoms with Crippen molar-refractivity contribution in [2.75, 3.05) is 19.7 Å². The monoisotopic (exact) mass is 422 g/mol. The number of carbonyl (C=O) groups is 2. The zero-order valence-electron chi connectivity index (χ0n) is 15.2. The second-order valence-corrected chi connectivity index (χ2v) is 9.43. The van der Waals surface area contributed by atoms with Crippen LogP contribution < -0.4 is 5.32 Å². The van der Waals surface area contributed by atoms with Crippen LogP contribution in [-0.4, -0.2) is 44.3 Å². The Morgan fingerprint density at radius 3 is 2.46 bits per heavy atom. The van der Waals surface area contributed by atoms with Gasteiger partial charge in [0.05, 0.1) is 17.4 Å². The summed E-state index contributed by atoms with van der Waals surface area (Å²) in [6.07, 6.45) is 0.753. The highest BCUT2D eigenvalue weighted by Crippen LogP contribution is 2.24. The van der Waals surface area contributed by atoms with Gasteiger partial charge in [0.15, 0.2) is 6.61 Å². The molecule has 1 N–H and O–H groups in total. The second-order valence-electron chi connectivity index (χ2n) is 6.46. The number of piperidine rings is 1. The average molecular weight is 423 g/mol. The molecule has 0 atom stereocenters. The fourth-order valence-electron chi connectivity index (χ4n) is 2.98. The number of ether oxygens (including phenoxy) is 1. The largest absolute Gasteiger partial charge is 0.455 e. The summed E-state index contributed by atoms with van der Waals surface area (Å²) in [5.74, 6) is -1.21. The van der Waals surface area contributed by atoms with Crippen molar-refractivity contribution < 1.29 is 22.7 Å². The van der Waals surface area contributed by atoms with E-state index < -0.39 is 21.9 Å². The molecule has 28 heavy (non-hydrogen) atoms. The lowest BCUT2D eigenvalue weighted by Crippen LogP contribution is -2.41. The first kappa shape index (κ1) is 20.5. The first-order valence-corrected chi connectivity index (χ1v) is 11.3. The molecule has 0 unspecified atom stereocenters. The fraction of sp³-hybridized carbons (Fsp3) is 0.368. The van der Waals surface area contributed by atoms with Crippen molar-refractivity contribution in [1.82, 2.24) is 9.62 Å². The van der Waals surface area contributed by atoms with Gasteiger partial charge in [-0.3, -0.25) is 9.59 Å². The van der Waals surface area contributed by atoms with Gasteiger partial charge in [-0.15, -0.1) is 11.3 Å². The molecule has 1 amide bonds. The third-order valence-corrected chi connectivity index (χ3v) is 7.34. The molecule has 9 heteroatoms. The zero-order chi connectivity index (χ0) is 20.0. The summed E-state index contributed by atoms with van der Waals surface area (Å²) < 4.78 is 31.7. The number of carbonyl (C=O) groups excluding carboxylic acids is 2. The Balaban J connectivity index is 1.43. The van der Waals surface area contributed by atoms with Crippen LogP contribution in [0.1, 0.15) is 17.7 Å². The quantitative estimate of drug-likeness (QED) is 0.689. The van der Waals surface area contributed by atoms with Gasteiger partial charge in [-0.25, -0.2) is 8.42 Å². The van der Waals surface area contributed by atoms with Crippen LogP contribution in [0.3, 0.4) is 0 Å². The SMILES string of the molecule is O=C(COC(=O)C1CCN(S(=O)(=O)c2ccccc2)CC1)NCc1cccs1. The van der Waals surface area contributed by atoms with E-state index in [0.717, 1.165) is 4.88 Å². The summed E-state index contributed by atoms with van der Waals surface area (Å²) >= 11 is 1.54. The molecule has 150 valence electrons. The lowest BCUT2D eigenvalue weighted by Gasteiger charge is -2.30. The number of esters is 1. The number of rotatable bonds is 7. The van der Waals surface area contributed by atoms with Gasteiger partial charge in [-0.2, -0.15) is 4.31 Å². The number of nitrogens with zero attached hydrogens (tertiary/aromatic N) is 1. The lowest BCUT2D eigenvalue weighted by molar-refractivity contribution is -0.153. The molecule has 1 saturated heterocycles. The Kier molecular flexibility index (Phi) is 6.82. The van der Waals surface area contributed by atoms with Crippen LogP contribution in [0.2, 0.25) is 0 Å². The molecule has 1 aliphatic rings. The minimum absolute atomic E-state index is 0.249. The van der Waals surface area contributed by atoms with E-state index in [1.165, 1.54) is 15.6 Å². The maximum atomic E-state index is 12.6. The van der Waals surface area contributed by atoms with Crippen molar-refractivity contribution in [3.63, 3.8) is 0 Å².